The Labute approximate surface area is 164 Å². The first-order valence-corrected chi connectivity index (χ1v) is 9.71. The molecule has 1 atom stereocenters. The zero-order valence-electron chi connectivity index (χ0n) is 16.0. The molecule has 1 aliphatic heterocycles. The number of aliphatic imine (C=N–C) groups is 1. The van der Waals surface area contributed by atoms with E-state index in [9.17, 15) is 4.39 Å². The number of aliphatic hydroxyl groups excluding tert-OH is 1. The summed E-state index contributed by atoms with van der Waals surface area (Å²) >= 11 is 0. The van der Waals surface area contributed by atoms with Crippen molar-refractivity contribution in [3.05, 3.63) is 59.9 Å². The molecule has 3 N–H and O–H groups in total. The summed E-state index contributed by atoms with van der Waals surface area (Å²) in [6.45, 7) is 0. The van der Waals surface area contributed by atoms with Gasteiger partial charge in [-0.1, -0.05) is 31.4 Å². The van der Waals surface area contributed by atoms with Gasteiger partial charge in [-0.3, -0.25) is 0 Å². The average Bonchev–Trinajstić information content (AvgIpc) is 3.18. The second-order valence-electron chi connectivity index (χ2n) is 7.77. The Hall–Kier alpha value is -2.60. The molecule has 2 aliphatic carbocycles. The van der Waals surface area contributed by atoms with E-state index in [4.69, 9.17) is 15.8 Å². The van der Waals surface area contributed by atoms with E-state index < -0.39 is 5.54 Å². The summed E-state index contributed by atoms with van der Waals surface area (Å²) in [4.78, 5) is 13.0. The summed E-state index contributed by atoms with van der Waals surface area (Å²) in [5.41, 5.74) is 9.53. The second kappa shape index (κ2) is 7.09. The maximum absolute atomic E-state index is 14.5. The van der Waals surface area contributed by atoms with Crippen LogP contribution in [0.1, 0.15) is 43.2 Å². The molecule has 5 nitrogen and oxygen atoms in total. The van der Waals surface area contributed by atoms with Gasteiger partial charge >= 0.3 is 0 Å². The molecule has 1 aromatic carbocycles. The number of hydrogen-bond donors (Lipinski definition) is 2. The first-order chi connectivity index (χ1) is 13.6. The van der Waals surface area contributed by atoms with Crippen LogP contribution in [0.15, 0.2) is 53.8 Å². The van der Waals surface area contributed by atoms with Gasteiger partial charge in [0.05, 0.1) is 0 Å². The largest absolute Gasteiger partial charge is 0.400 e. The maximum atomic E-state index is 14.5. The normalized spacial score (nSPS) is 24.4. The lowest BCUT2D eigenvalue weighted by Crippen LogP contribution is -2.41. The van der Waals surface area contributed by atoms with Crippen molar-refractivity contribution >= 4 is 5.84 Å². The number of fused-ring (bicyclic) bond motifs is 3. The van der Waals surface area contributed by atoms with Crippen molar-refractivity contribution in [3.8, 4) is 11.1 Å². The Bertz CT molecular complexity index is 915. The maximum Gasteiger partial charge on any atom is 0.163 e. The molecule has 0 saturated heterocycles. The van der Waals surface area contributed by atoms with Crippen molar-refractivity contribution in [1.29, 1.82) is 0 Å². The Morgan fingerprint density at radius 2 is 1.75 bits per heavy atom. The Morgan fingerprint density at radius 1 is 1.04 bits per heavy atom. The number of amidine groups is 1. The minimum absolute atomic E-state index is 0.0382. The first kappa shape index (κ1) is 18.7. The minimum Gasteiger partial charge on any atom is -0.400 e. The van der Waals surface area contributed by atoms with Crippen molar-refractivity contribution in [1.82, 2.24) is 9.97 Å². The predicted octanol–water partition coefficient (Wildman–Crippen LogP) is 3.68. The average molecular weight is 380 g/mol. The highest BCUT2D eigenvalue weighted by molar-refractivity contribution is 5.98. The van der Waals surface area contributed by atoms with Crippen LogP contribution in [0.5, 0.6) is 0 Å². The molecule has 1 aromatic heterocycles. The summed E-state index contributed by atoms with van der Waals surface area (Å²) in [5, 5.41) is 7.00. The van der Waals surface area contributed by atoms with Crippen LogP contribution in [0.2, 0.25) is 0 Å². The molecule has 2 spiro atoms. The van der Waals surface area contributed by atoms with Crippen LogP contribution in [0.25, 0.3) is 11.1 Å². The van der Waals surface area contributed by atoms with Gasteiger partial charge < -0.3 is 10.8 Å². The molecule has 0 bridgehead atoms. The molecule has 6 heteroatoms. The second-order valence-corrected chi connectivity index (χ2v) is 7.77. The summed E-state index contributed by atoms with van der Waals surface area (Å²) in [6.07, 6.45) is 13.4. The van der Waals surface area contributed by atoms with Crippen LogP contribution in [-0.4, -0.2) is 28.0 Å². The summed E-state index contributed by atoms with van der Waals surface area (Å²) in [6, 6.07) is 6.41. The van der Waals surface area contributed by atoms with Crippen LogP contribution in [0, 0.1) is 5.41 Å². The Kier molecular flexibility index (Phi) is 4.75. The third-order valence-corrected chi connectivity index (χ3v) is 6.44. The van der Waals surface area contributed by atoms with Gasteiger partial charge in [-0.25, -0.2) is 19.4 Å². The van der Waals surface area contributed by atoms with Crippen molar-refractivity contribution in [3.63, 3.8) is 0 Å². The highest BCUT2D eigenvalue weighted by Crippen LogP contribution is 2.62. The minimum atomic E-state index is -0.664. The van der Waals surface area contributed by atoms with Crippen LogP contribution in [0.3, 0.4) is 0 Å². The first-order valence-electron chi connectivity index (χ1n) is 9.71. The van der Waals surface area contributed by atoms with Gasteiger partial charge in [-0.05, 0) is 48.1 Å². The SMILES string of the molecule is CO.NC1=NC2(C=C1F)c1cc(-c3cncnc3)ccc1CC21CCCCC1. The zero-order valence-corrected chi connectivity index (χ0v) is 16.0. The summed E-state index contributed by atoms with van der Waals surface area (Å²) in [5.74, 6) is -0.340. The fraction of sp³-hybridized carbons (Fsp3) is 0.409. The topological polar surface area (TPSA) is 84.4 Å². The molecule has 0 radical (unpaired) electrons. The Balaban J connectivity index is 0.000000932. The van der Waals surface area contributed by atoms with E-state index in [1.807, 2.05) is 0 Å². The molecular formula is C22H25FN4O. The molecule has 5 rings (SSSR count). The molecule has 146 valence electrons. The fourth-order valence-electron chi connectivity index (χ4n) is 5.23. The van der Waals surface area contributed by atoms with Gasteiger partial charge in [0.15, 0.2) is 11.7 Å². The molecule has 1 fully saturated rings. The third-order valence-electron chi connectivity index (χ3n) is 6.44. The number of rotatable bonds is 1. The lowest BCUT2D eigenvalue weighted by Gasteiger charge is -2.43. The lowest BCUT2D eigenvalue weighted by molar-refractivity contribution is 0.119. The van der Waals surface area contributed by atoms with Crippen molar-refractivity contribution < 1.29 is 9.50 Å². The monoisotopic (exact) mass is 380 g/mol. The number of nitrogens with two attached hydrogens (primary N) is 1. The standard InChI is InChI=1S/C21H21FN4.CH4O/c22-18-10-21(26-19(18)23)17-8-14(16-11-24-13-25-12-16)4-5-15(17)9-20(21)6-2-1-3-7-20;1-2/h4-5,8,10-13H,1-3,6-7,9H2,(H2,23,26);2H,1H3. The van der Waals surface area contributed by atoms with Gasteiger partial charge in [0.1, 0.15) is 11.9 Å². The number of aromatic nitrogens is 2. The number of nitrogens with zero attached hydrogens (tertiary/aromatic N) is 3. The number of hydrogen-bond acceptors (Lipinski definition) is 5. The number of halogens is 1. The molecule has 2 heterocycles. The molecule has 1 saturated carbocycles. The molecule has 28 heavy (non-hydrogen) atoms. The highest BCUT2D eigenvalue weighted by atomic mass is 19.1. The predicted molar refractivity (Wildman–Crippen MR) is 107 cm³/mol. The van der Waals surface area contributed by atoms with Crippen molar-refractivity contribution in [2.75, 3.05) is 7.11 Å². The van der Waals surface area contributed by atoms with Gasteiger partial charge in [0, 0.05) is 30.5 Å². The van der Waals surface area contributed by atoms with E-state index in [0.717, 1.165) is 43.1 Å². The quantitative estimate of drug-likeness (QED) is 0.790. The smallest absolute Gasteiger partial charge is 0.163 e. The van der Waals surface area contributed by atoms with E-state index in [1.165, 1.54) is 31.2 Å². The Morgan fingerprint density at radius 3 is 2.39 bits per heavy atom. The summed E-state index contributed by atoms with van der Waals surface area (Å²) in [7, 11) is 1.00. The van der Waals surface area contributed by atoms with E-state index in [2.05, 4.69) is 28.2 Å². The van der Waals surface area contributed by atoms with Crippen LogP contribution in [-0.2, 0) is 12.0 Å². The number of aliphatic hydroxyl groups is 1. The van der Waals surface area contributed by atoms with Gasteiger partial charge in [0.2, 0.25) is 0 Å². The van der Waals surface area contributed by atoms with Gasteiger partial charge in [0.25, 0.3) is 0 Å². The third kappa shape index (κ3) is 2.66. The van der Waals surface area contributed by atoms with E-state index >= 15 is 0 Å². The molecule has 0 amide bonds. The molecule has 1 unspecified atom stereocenters. The molecule has 2 aromatic rings. The fourth-order valence-corrected chi connectivity index (χ4v) is 5.23. The van der Waals surface area contributed by atoms with Crippen LogP contribution < -0.4 is 5.73 Å². The van der Waals surface area contributed by atoms with Gasteiger partial charge in [-0.2, -0.15) is 0 Å². The van der Waals surface area contributed by atoms with E-state index in [1.54, 1.807) is 18.5 Å². The van der Waals surface area contributed by atoms with Crippen molar-refractivity contribution in [2.45, 2.75) is 44.1 Å². The molecular weight excluding hydrogens is 355 g/mol. The summed E-state index contributed by atoms with van der Waals surface area (Å²) < 4.78 is 14.5. The van der Waals surface area contributed by atoms with Crippen LogP contribution in [0.4, 0.5) is 4.39 Å². The van der Waals surface area contributed by atoms with Crippen LogP contribution >= 0.6 is 0 Å². The highest BCUT2D eigenvalue weighted by Gasteiger charge is 2.58. The van der Waals surface area contributed by atoms with E-state index in [0.29, 0.717) is 0 Å². The number of benzene rings is 1. The van der Waals surface area contributed by atoms with Crippen molar-refractivity contribution in [2.24, 2.45) is 16.1 Å². The zero-order chi connectivity index (χ0) is 19.8. The lowest BCUT2D eigenvalue weighted by atomic mass is 9.62. The van der Waals surface area contributed by atoms with E-state index in [-0.39, 0.29) is 17.1 Å². The van der Waals surface area contributed by atoms with Gasteiger partial charge in [-0.15, -0.1) is 0 Å². The molecule has 3 aliphatic rings.